The van der Waals surface area contributed by atoms with E-state index in [4.69, 9.17) is 14.2 Å². The topological polar surface area (TPSA) is 44.8 Å². The summed E-state index contributed by atoms with van der Waals surface area (Å²) in [6.07, 6.45) is -0.211. The molecule has 2 aromatic rings. The molecular formula is C18H20O4. The maximum atomic E-state index is 11.2. The first kappa shape index (κ1) is 16.0. The van der Waals surface area contributed by atoms with E-state index in [1.807, 2.05) is 61.5 Å². The average Bonchev–Trinajstić information content (AvgIpc) is 2.57. The Morgan fingerprint density at radius 1 is 1.00 bits per heavy atom. The number of hydrogen-bond acceptors (Lipinski definition) is 4. The van der Waals surface area contributed by atoms with Crippen LogP contribution in [-0.4, -0.2) is 25.6 Å². The summed E-state index contributed by atoms with van der Waals surface area (Å²) in [5.41, 5.74) is 0.972. The quantitative estimate of drug-likeness (QED) is 0.702. The molecule has 0 N–H and O–H groups in total. The number of benzene rings is 2. The lowest BCUT2D eigenvalue weighted by molar-refractivity contribution is -0.124. The van der Waals surface area contributed by atoms with Gasteiger partial charge in [0, 0.05) is 0 Å². The number of methoxy groups -OCH3 is 1. The SMILES string of the molecule is COc1ccc(CO[C@H](C=O)[C@H](C)Oc2ccccc2)cc1. The molecule has 0 aliphatic carbocycles. The van der Waals surface area contributed by atoms with E-state index in [9.17, 15) is 4.79 Å². The smallest absolute Gasteiger partial charge is 0.152 e. The van der Waals surface area contributed by atoms with E-state index in [1.165, 1.54) is 0 Å². The summed E-state index contributed by atoms with van der Waals surface area (Å²) < 4.78 is 16.5. The summed E-state index contributed by atoms with van der Waals surface area (Å²) in [5, 5.41) is 0. The molecule has 0 heterocycles. The lowest BCUT2D eigenvalue weighted by atomic mass is 10.2. The largest absolute Gasteiger partial charge is 0.497 e. The fourth-order valence-corrected chi connectivity index (χ4v) is 1.98. The fraction of sp³-hybridized carbons (Fsp3) is 0.278. The minimum atomic E-state index is -0.623. The number of aldehydes is 1. The molecule has 0 aromatic heterocycles. The van der Waals surface area contributed by atoms with E-state index in [-0.39, 0.29) is 6.10 Å². The van der Waals surface area contributed by atoms with Gasteiger partial charge in [-0.25, -0.2) is 0 Å². The number of ether oxygens (including phenoxy) is 3. The minimum Gasteiger partial charge on any atom is -0.497 e. The molecular weight excluding hydrogens is 280 g/mol. The van der Waals surface area contributed by atoms with Gasteiger partial charge >= 0.3 is 0 Å². The van der Waals surface area contributed by atoms with Crippen LogP contribution in [0, 0.1) is 0 Å². The number of carbonyl (C=O) groups is 1. The first-order valence-electron chi connectivity index (χ1n) is 7.14. The summed E-state index contributed by atoms with van der Waals surface area (Å²) in [7, 11) is 1.62. The lowest BCUT2D eigenvalue weighted by Gasteiger charge is -2.21. The van der Waals surface area contributed by atoms with Crippen molar-refractivity contribution >= 4 is 6.29 Å². The van der Waals surface area contributed by atoms with Crippen LogP contribution in [0.25, 0.3) is 0 Å². The zero-order valence-electron chi connectivity index (χ0n) is 12.8. The van der Waals surface area contributed by atoms with Crippen LogP contribution in [0.2, 0.25) is 0 Å². The lowest BCUT2D eigenvalue weighted by Crippen LogP contribution is -2.32. The Kier molecular flexibility index (Phi) is 5.98. The van der Waals surface area contributed by atoms with Crippen molar-refractivity contribution in [2.45, 2.75) is 25.7 Å². The zero-order chi connectivity index (χ0) is 15.8. The molecule has 0 fully saturated rings. The van der Waals surface area contributed by atoms with Gasteiger partial charge in [0.1, 0.15) is 23.7 Å². The van der Waals surface area contributed by atoms with Crippen LogP contribution in [-0.2, 0) is 16.1 Å². The molecule has 0 aliphatic rings. The van der Waals surface area contributed by atoms with E-state index in [0.717, 1.165) is 23.3 Å². The van der Waals surface area contributed by atoms with Gasteiger partial charge < -0.3 is 19.0 Å². The Balaban J connectivity index is 1.89. The number of para-hydroxylation sites is 1. The summed E-state index contributed by atoms with van der Waals surface area (Å²) in [5.74, 6) is 1.51. The summed E-state index contributed by atoms with van der Waals surface area (Å²) >= 11 is 0. The van der Waals surface area contributed by atoms with E-state index < -0.39 is 6.10 Å². The highest BCUT2D eigenvalue weighted by Crippen LogP contribution is 2.16. The summed E-state index contributed by atoms with van der Waals surface area (Å²) in [6, 6.07) is 16.9. The Hall–Kier alpha value is -2.33. The molecule has 0 saturated carbocycles. The van der Waals surface area contributed by atoms with Crippen molar-refractivity contribution in [2.75, 3.05) is 7.11 Å². The van der Waals surface area contributed by atoms with E-state index >= 15 is 0 Å². The fourth-order valence-electron chi connectivity index (χ4n) is 1.98. The van der Waals surface area contributed by atoms with Crippen LogP contribution in [0.15, 0.2) is 54.6 Å². The highest BCUT2D eigenvalue weighted by atomic mass is 16.5. The molecule has 2 aromatic carbocycles. The third-order valence-corrected chi connectivity index (χ3v) is 3.26. The first-order chi connectivity index (χ1) is 10.7. The van der Waals surface area contributed by atoms with Crippen molar-refractivity contribution in [2.24, 2.45) is 0 Å². The molecule has 4 heteroatoms. The maximum absolute atomic E-state index is 11.2. The predicted molar refractivity (Wildman–Crippen MR) is 84.2 cm³/mol. The Bertz CT molecular complexity index is 565. The molecule has 0 amide bonds. The predicted octanol–water partition coefficient (Wildman–Crippen LogP) is 3.25. The van der Waals surface area contributed by atoms with E-state index in [1.54, 1.807) is 7.11 Å². The van der Waals surface area contributed by atoms with Gasteiger partial charge in [0.2, 0.25) is 0 Å². The van der Waals surface area contributed by atoms with Gasteiger partial charge in [-0.1, -0.05) is 30.3 Å². The van der Waals surface area contributed by atoms with Gasteiger partial charge in [-0.15, -0.1) is 0 Å². The van der Waals surface area contributed by atoms with E-state index in [2.05, 4.69) is 0 Å². The van der Waals surface area contributed by atoms with Gasteiger partial charge in [0.15, 0.2) is 6.29 Å². The van der Waals surface area contributed by atoms with Gasteiger partial charge in [0.25, 0.3) is 0 Å². The molecule has 116 valence electrons. The first-order valence-corrected chi connectivity index (χ1v) is 7.14. The highest BCUT2D eigenvalue weighted by Gasteiger charge is 2.19. The van der Waals surface area contributed by atoms with Crippen LogP contribution in [0.1, 0.15) is 12.5 Å². The Morgan fingerprint density at radius 2 is 1.68 bits per heavy atom. The molecule has 2 rings (SSSR count). The average molecular weight is 300 g/mol. The van der Waals surface area contributed by atoms with Crippen LogP contribution >= 0.6 is 0 Å². The van der Waals surface area contributed by atoms with Crippen molar-refractivity contribution in [3.63, 3.8) is 0 Å². The van der Waals surface area contributed by atoms with Crippen LogP contribution < -0.4 is 9.47 Å². The third-order valence-electron chi connectivity index (χ3n) is 3.26. The second-order valence-corrected chi connectivity index (χ2v) is 4.90. The Labute approximate surface area is 130 Å². The van der Waals surface area contributed by atoms with Gasteiger partial charge in [0.05, 0.1) is 13.7 Å². The molecule has 0 saturated heterocycles. The molecule has 0 bridgehead atoms. The highest BCUT2D eigenvalue weighted by molar-refractivity contribution is 5.57. The molecule has 0 aliphatic heterocycles. The van der Waals surface area contributed by atoms with Crippen molar-refractivity contribution in [1.29, 1.82) is 0 Å². The molecule has 4 nitrogen and oxygen atoms in total. The number of rotatable bonds is 8. The van der Waals surface area contributed by atoms with E-state index in [0.29, 0.717) is 6.61 Å². The molecule has 2 atom stereocenters. The minimum absolute atomic E-state index is 0.343. The van der Waals surface area contributed by atoms with Gasteiger partial charge in [-0.3, -0.25) is 0 Å². The molecule has 22 heavy (non-hydrogen) atoms. The monoisotopic (exact) mass is 300 g/mol. The third kappa shape index (κ3) is 4.60. The standard InChI is InChI=1S/C18H20O4/c1-14(22-17-6-4-3-5-7-17)18(12-19)21-13-15-8-10-16(20-2)11-9-15/h3-12,14,18H,13H2,1-2H3/t14-,18+/m0/s1. The zero-order valence-corrected chi connectivity index (χ0v) is 12.8. The van der Waals surface area contributed by atoms with Crippen LogP contribution in [0.4, 0.5) is 0 Å². The Morgan fingerprint density at radius 3 is 2.27 bits per heavy atom. The molecule has 0 unspecified atom stereocenters. The van der Waals surface area contributed by atoms with Gasteiger partial charge in [-0.2, -0.15) is 0 Å². The second-order valence-electron chi connectivity index (χ2n) is 4.90. The van der Waals surface area contributed by atoms with Crippen molar-refractivity contribution in [3.8, 4) is 11.5 Å². The van der Waals surface area contributed by atoms with Crippen molar-refractivity contribution in [1.82, 2.24) is 0 Å². The molecule has 0 spiro atoms. The second kappa shape index (κ2) is 8.20. The maximum Gasteiger partial charge on any atom is 0.152 e. The summed E-state index contributed by atoms with van der Waals surface area (Å²) in [4.78, 5) is 11.2. The van der Waals surface area contributed by atoms with Crippen molar-refractivity contribution in [3.05, 3.63) is 60.2 Å². The molecule has 0 radical (unpaired) electrons. The van der Waals surface area contributed by atoms with Crippen molar-refractivity contribution < 1.29 is 19.0 Å². The summed E-state index contributed by atoms with van der Waals surface area (Å²) in [6.45, 7) is 2.16. The van der Waals surface area contributed by atoms with Crippen LogP contribution in [0.3, 0.4) is 0 Å². The number of hydrogen-bond donors (Lipinski definition) is 0. The normalized spacial score (nSPS) is 13.2. The van der Waals surface area contributed by atoms with Gasteiger partial charge in [-0.05, 0) is 36.8 Å². The number of carbonyl (C=O) groups excluding carboxylic acids is 1. The van der Waals surface area contributed by atoms with Crippen LogP contribution in [0.5, 0.6) is 11.5 Å².